The number of aromatic amines is 1. The van der Waals surface area contributed by atoms with E-state index < -0.39 is 0 Å². The molecule has 3 heterocycles. The van der Waals surface area contributed by atoms with E-state index in [1.807, 2.05) is 6.92 Å². The van der Waals surface area contributed by atoms with E-state index in [0.717, 1.165) is 18.7 Å². The van der Waals surface area contributed by atoms with E-state index in [0.29, 0.717) is 28.6 Å². The molecule has 0 spiro atoms. The lowest BCUT2D eigenvalue weighted by Crippen LogP contribution is -2.21. The van der Waals surface area contributed by atoms with Crippen LogP contribution in [0.2, 0.25) is 0 Å². The monoisotopic (exact) mass is 327 g/mol. The molecule has 2 N–H and O–H groups in total. The van der Waals surface area contributed by atoms with Crippen molar-refractivity contribution < 1.29 is 4.39 Å². The molecule has 0 saturated carbocycles. The quantitative estimate of drug-likeness (QED) is 0.753. The normalized spacial score (nSPS) is 20.8. The van der Waals surface area contributed by atoms with Crippen LogP contribution in [0.3, 0.4) is 0 Å². The van der Waals surface area contributed by atoms with E-state index in [4.69, 9.17) is 0 Å². The average molecular weight is 327 g/mol. The zero-order valence-electron chi connectivity index (χ0n) is 13.5. The number of rotatable bonds is 2. The number of halogens is 1. The van der Waals surface area contributed by atoms with Crippen LogP contribution in [0.15, 0.2) is 29.2 Å². The predicted molar refractivity (Wildman–Crippen MR) is 88.5 cm³/mol. The molecule has 6 nitrogen and oxygen atoms in total. The number of benzene rings is 1. The number of aryl methyl sites for hydroxylation is 1. The minimum Gasteiger partial charge on any atom is -0.316 e. The van der Waals surface area contributed by atoms with Gasteiger partial charge in [-0.3, -0.25) is 4.79 Å². The van der Waals surface area contributed by atoms with Crippen LogP contribution in [0, 0.1) is 18.7 Å². The second-order valence-electron chi connectivity index (χ2n) is 6.42. The summed E-state index contributed by atoms with van der Waals surface area (Å²) < 4.78 is 15.2. The van der Waals surface area contributed by atoms with Crippen LogP contribution in [-0.2, 0) is 0 Å². The Bertz CT molecular complexity index is 977. The minimum absolute atomic E-state index is 0.144. The van der Waals surface area contributed by atoms with Crippen molar-refractivity contribution in [2.75, 3.05) is 13.1 Å². The molecule has 124 valence electrons. The second kappa shape index (κ2) is 5.52. The van der Waals surface area contributed by atoms with E-state index in [1.165, 1.54) is 22.8 Å². The number of aromatic nitrogens is 4. The van der Waals surface area contributed by atoms with Gasteiger partial charge in [0, 0.05) is 18.0 Å². The van der Waals surface area contributed by atoms with Crippen molar-refractivity contribution in [3.63, 3.8) is 0 Å². The van der Waals surface area contributed by atoms with Crippen molar-refractivity contribution in [3.05, 3.63) is 52.0 Å². The van der Waals surface area contributed by atoms with Crippen LogP contribution >= 0.6 is 0 Å². The van der Waals surface area contributed by atoms with Gasteiger partial charge in [0.1, 0.15) is 11.6 Å². The number of nitrogens with zero attached hydrogens (tertiary/aromatic N) is 3. The molecule has 0 amide bonds. The first-order chi connectivity index (χ1) is 11.5. The first-order valence-electron chi connectivity index (χ1n) is 8.00. The van der Waals surface area contributed by atoms with Gasteiger partial charge in [0.05, 0.1) is 6.20 Å². The lowest BCUT2D eigenvalue weighted by atomic mass is 9.97. The summed E-state index contributed by atoms with van der Waals surface area (Å²) in [6, 6.07) is 4.53. The third-order valence-corrected chi connectivity index (χ3v) is 4.73. The van der Waals surface area contributed by atoms with Crippen LogP contribution in [0.1, 0.15) is 24.2 Å². The molecule has 0 radical (unpaired) electrons. The van der Waals surface area contributed by atoms with E-state index in [1.54, 1.807) is 6.07 Å². The van der Waals surface area contributed by atoms with Gasteiger partial charge in [0.15, 0.2) is 11.3 Å². The molecule has 1 fully saturated rings. The van der Waals surface area contributed by atoms with Gasteiger partial charge in [0.2, 0.25) is 0 Å². The van der Waals surface area contributed by atoms with E-state index in [9.17, 15) is 9.18 Å². The number of H-pyrrole nitrogens is 1. The summed E-state index contributed by atoms with van der Waals surface area (Å²) >= 11 is 0. The topological polar surface area (TPSA) is 75.1 Å². The average Bonchev–Trinajstić information content (AvgIpc) is 3.16. The second-order valence-corrected chi connectivity index (χ2v) is 6.42. The minimum atomic E-state index is -0.342. The van der Waals surface area contributed by atoms with Gasteiger partial charge in [-0.2, -0.15) is 5.10 Å². The first kappa shape index (κ1) is 15.0. The number of hydrogen-bond acceptors (Lipinski definition) is 4. The van der Waals surface area contributed by atoms with Crippen LogP contribution in [0.4, 0.5) is 4.39 Å². The van der Waals surface area contributed by atoms with Crippen molar-refractivity contribution in [1.29, 1.82) is 0 Å². The summed E-state index contributed by atoms with van der Waals surface area (Å²) in [6.07, 6.45) is 1.48. The Labute approximate surface area is 137 Å². The molecule has 7 heteroatoms. The van der Waals surface area contributed by atoms with Gasteiger partial charge < -0.3 is 10.3 Å². The highest BCUT2D eigenvalue weighted by molar-refractivity contribution is 5.64. The Morgan fingerprint density at radius 1 is 1.33 bits per heavy atom. The Morgan fingerprint density at radius 3 is 2.92 bits per heavy atom. The van der Waals surface area contributed by atoms with Crippen molar-refractivity contribution in [1.82, 2.24) is 24.9 Å². The Kier molecular flexibility index (Phi) is 3.45. The highest BCUT2D eigenvalue weighted by Gasteiger charge is 2.28. The molecule has 1 saturated heterocycles. The van der Waals surface area contributed by atoms with Crippen LogP contribution in [0.5, 0.6) is 0 Å². The molecule has 0 aliphatic carbocycles. The molecule has 2 unspecified atom stereocenters. The van der Waals surface area contributed by atoms with Crippen LogP contribution < -0.4 is 10.9 Å². The number of hydrogen-bond donors (Lipinski definition) is 2. The van der Waals surface area contributed by atoms with Crippen LogP contribution in [0.25, 0.3) is 16.9 Å². The first-order valence-corrected chi connectivity index (χ1v) is 8.00. The van der Waals surface area contributed by atoms with Gasteiger partial charge in [-0.25, -0.2) is 13.9 Å². The van der Waals surface area contributed by atoms with Gasteiger partial charge in [-0.05, 0) is 37.1 Å². The van der Waals surface area contributed by atoms with Crippen molar-refractivity contribution in [2.45, 2.75) is 19.8 Å². The zero-order chi connectivity index (χ0) is 16.8. The van der Waals surface area contributed by atoms with Crippen molar-refractivity contribution >= 4 is 5.52 Å². The SMILES string of the molecule is Cc1ccc(F)cc1-c1ncc2c(=O)[nH]c(C3CNCC3C)nn12. The third-order valence-electron chi connectivity index (χ3n) is 4.73. The summed E-state index contributed by atoms with van der Waals surface area (Å²) in [7, 11) is 0. The standard InChI is InChI=1S/C17H18FN5O/c1-9-3-4-11(18)5-12(9)16-20-8-14-17(24)21-15(22-23(14)16)13-7-19-6-10(13)2/h3-5,8,10,13,19H,6-7H2,1-2H3,(H,21,22,24). The number of imidazole rings is 1. The maximum Gasteiger partial charge on any atom is 0.276 e. The summed E-state index contributed by atoms with van der Waals surface area (Å²) in [6.45, 7) is 5.68. The maximum atomic E-state index is 13.7. The van der Waals surface area contributed by atoms with E-state index >= 15 is 0 Å². The lowest BCUT2D eigenvalue weighted by molar-refractivity contribution is 0.533. The molecule has 0 bridgehead atoms. The summed E-state index contributed by atoms with van der Waals surface area (Å²) in [5, 5.41) is 7.92. The van der Waals surface area contributed by atoms with Crippen LogP contribution in [-0.4, -0.2) is 32.7 Å². The molecule has 1 aliphatic rings. The third kappa shape index (κ3) is 2.32. The number of fused-ring (bicyclic) bond motifs is 1. The Balaban J connectivity index is 1.93. The molecule has 3 aromatic rings. The largest absolute Gasteiger partial charge is 0.316 e. The fourth-order valence-electron chi connectivity index (χ4n) is 3.28. The predicted octanol–water partition coefficient (Wildman–Crippen LogP) is 1.86. The fourth-order valence-corrected chi connectivity index (χ4v) is 3.28. The molecule has 4 rings (SSSR count). The highest BCUT2D eigenvalue weighted by Crippen LogP contribution is 2.26. The summed E-state index contributed by atoms with van der Waals surface area (Å²) in [5.74, 6) is 1.30. The Hall–Kier alpha value is -2.54. The van der Waals surface area contributed by atoms with Crippen molar-refractivity contribution in [2.24, 2.45) is 5.92 Å². The van der Waals surface area contributed by atoms with Gasteiger partial charge >= 0.3 is 0 Å². The molecule has 2 aromatic heterocycles. The van der Waals surface area contributed by atoms with E-state index in [-0.39, 0.29) is 17.3 Å². The molecule has 2 atom stereocenters. The van der Waals surface area contributed by atoms with Gasteiger partial charge in [0.25, 0.3) is 5.56 Å². The maximum absolute atomic E-state index is 13.7. The lowest BCUT2D eigenvalue weighted by Gasteiger charge is -2.13. The summed E-state index contributed by atoms with van der Waals surface area (Å²) in [4.78, 5) is 19.6. The smallest absolute Gasteiger partial charge is 0.276 e. The van der Waals surface area contributed by atoms with E-state index in [2.05, 4.69) is 27.3 Å². The van der Waals surface area contributed by atoms with Gasteiger partial charge in [-0.15, -0.1) is 0 Å². The van der Waals surface area contributed by atoms with Gasteiger partial charge in [-0.1, -0.05) is 13.0 Å². The molecular formula is C17H18FN5O. The molecular weight excluding hydrogens is 309 g/mol. The summed E-state index contributed by atoms with van der Waals surface area (Å²) in [5.41, 5.74) is 1.64. The molecule has 1 aromatic carbocycles. The number of nitrogens with one attached hydrogen (secondary N) is 2. The molecule has 1 aliphatic heterocycles. The molecule has 24 heavy (non-hydrogen) atoms. The Morgan fingerprint density at radius 2 is 2.17 bits per heavy atom. The van der Waals surface area contributed by atoms with Crippen molar-refractivity contribution in [3.8, 4) is 11.4 Å². The fraction of sp³-hybridized carbons (Fsp3) is 0.353. The zero-order valence-corrected chi connectivity index (χ0v) is 13.5. The highest BCUT2D eigenvalue weighted by atomic mass is 19.1.